The molecule has 0 aliphatic carbocycles. The molecule has 1 aromatic heterocycles. The number of aryl methyl sites for hydroxylation is 1. The minimum absolute atomic E-state index is 0.120. The van der Waals surface area contributed by atoms with E-state index in [0.29, 0.717) is 26.1 Å². The monoisotopic (exact) mass is 399 g/mol. The van der Waals surface area contributed by atoms with E-state index in [1.807, 2.05) is 29.2 Å². The number of benzene rings is 1. The molecule has 4 rings (SSSR count). The van der Waals surface area contributed by atoms with Crippen molar-refractivity contribution in [3.8, 4) is 0 Å². The maximum Gasteiger partial charge on any atom is 0.242 e. The number of aromatic nitrogens is 2. The molecule has 3 heterocycles. The molecular weight excluding hydrogens is 366 g/mol. The normalized spacial score (nSPS) is 24.7. The number of piperazine rings is 1. The van der Waals surface area contributed by atoms with Gasteiger partial charge in [-0.15, -0.1) is 0 Å². The summed E-state index contributed by atoms with van der Waals surface area (Å²) in [6.07, 6.45) is 1.92. The van der Waals surface area contributed by atoms with Gasteiger partial charge >= 0.3 is 0 Å². The van der Waals surface area contributed by atoms with E-state index in [-0.39, 0.29) is 18.1 Å². The van der Waals surface area contributed by atoms with Crippen LogP contribution in [-0.2, 0) is 17.8 Å². The number of hydrogen-bond acceptors (Lipinski definition) is 5. The minimum Gasteiger partial charge on any atom is -0.391 e. The van der Waals surface area contributed by atoms with Crippen LogP contribution in [0.1, 0.15) is 25.6 Å². The van der Waals surface area contributed by atoms with E-state index < -0.39 is 0 Å². The number of para-hydroxylation sites is 2. The second kappa shape index (κ2) is 8.81. The number of aliphatic hydroxyl groups is 1. The van der Waals surface area contributed by atoms with Gasteiger partial charge in [-0.3, -0.25) is 9.69 Å². The molecule has 2 fully saturated rings. The Morgan fingerprint density at radius 1 is 1.10 bits per heavy atom. The highest BCUT2D eigenvalue weighted by molar-refractivity contribution is 5.81. The van der Waals surface area contributed by atoms with Crippen LogP contribution in [0.15, 0.2) is 24.3 Å². The summed E-state index contributed by atoms with van der Waals surface area (Å²) in [5.41, 5.74) is 1.96. The second-order valence-electron chi connectivity index (χ2n) is 8.39. The third-order valence-electron chi connectivity index (χ3n) is 6.54. The van der Waals surface area contributed by atoms with Gasteiger partial charge in [-0.1, -0.05) is 19.1 Å². The van der Waals surface area contributed by atoms with Crippen LogP contribution in [0.2, 0.25) is 0 Å². The summed E-state index contributed by atoms with van der Waals surface area (Å²) in [7, 11) is 2.14. The van der Waals surface area contributed by atoms with Crippen molar-refractivity contribution in [3.05, 3.63) is 30.1 Å². The molecular formula is C22H33N5O2. The number of likely N-dealkylation sites (tertiary alicyclic amines) is 1. The second-order valence-corrected chi connectivity index (χ2v) is 8.39. The van der Waals surface area contributed by atoms with Crippen LogP contribution in [0.4, 0.5) is 0 Å². The van der Waals surface area contributed by atoms with E-state index in [2.05, 4.69) is 33.3 Å². The van der Waals surface area contributed by atoms with E-state index in [4.69, 9.17) is 0 Å². The van der Waals surface area contributed by atoms with E-state index in [1.165, 1.54) is 0 Å². The Kier molecular flexibility index (Phi) is 6.18. The highest BCUT2D eigenvalue weighted by Crippen LogP contribution is 2.21. The van der Waals surface area contributed by atoms with Gasteiger partial charge in [0.25, 0.3) is 0 Å². The zero-order valence-corrected chi connectivity index (χ0v) is 17.6. The fraction of sp³-hybridized carbons (Fsp3) is 0.636. The van der Waals surface area contributed by atoms with Crippen molar-refractivity contribution in [1.29, 1.82) is 0 Å². The molecule has 2 aliphatic heterocycles. The number of amides is 1. The van der Waals surface area contributed by atoms with E-state index in [0.717, 1.165) is 55.9 Å². The summed E-state index contributed by atoms with van der Waals surface area (Å²) >= 11 is 0. The molecule has 1 amide bonds. The van der Waals surface area contributed by atoms with Crippen LogP contribution in [-0.4, -0.2) is 93.7 Å². The summed E-state index contributed by atoms with van der Waals surface area (Å²) in [5, 5.41) is 10.7. The zero-order chi connectivity index (χ0) is 20.4. The first-order valence-corrected chi connectivity index (χ1v) is 10.9. The minimum atomic E-state index is -0.364. The highest BCUT2D eigenvalue weighted by atomic mass is 16.3. The van der Waals surface area contributed by atoms with Gasteiger partial charge in [0.15, 0.2) is 0 Å². The largest absolute Gasteiger partial charge is 0.391 e. The lowest BCUT2D eigenvalue weighted by Crippen LogP contribution is -2.52. The molecule has 158 valence electrons. The number of imidazole rings is 1. The molecule has 2 saturated heterocycles. The average molecular weight is 400 g/mol. The van der Waals surface area contributed by atoms with Crippen molar-refractivity contribution in [1.82, 2.24) is 24.3 Å². The molecule has 0 unspecified atom stereocenters. The van der Waals surface area contributed by atoms with Crippen LogP contribution in [0.3, 0.4) is 0 Å². The fourth-order valence-electron chi connectivity index (χ4n) is 4.71. The maximum absolute atomic E-state index is 13.1. The molecule has 7 nitrogen and oxygen atoms in total. The summed E-state index contributed by atoms with van der Waals surface area (Å²) in [4.78, 5) is 24.5. The number of rotatable bonds is 4. The van der Waals surface area contributed by atoms with Gasteiger partial charge in [-0.25, -0.2) is 4.98 Å². The van der Waals surface area contributed by atoms with Crippen molar-refractivity contribution < 1.29 is 9.90 Å². The molecule has 2 aromatic rings. The number of nitrogens with zero attached hydrogens (tertiary/aromatic N) is 5. The third-order valence-corrected chi connectivity index (χ3v) is 6.54. The molecule has 29 heavy (non-hydrogen) atoms. The van der Waals surface area contributed by atoms with Crippen LogP contribution in [0.5, 0.6) is 0 Å². The van der Waals surface area contributed by atoms with Crippen molar-refractivity contribution >= 4 is 16.9 Å². The predicted octanol–water partition coefficient (Wildman–Crippen LogP) is 1.20. The lowest BCUT2D eigenvalue weighted by Gasteiger charge is -2.39. The topological polar surface area (TPSA) is 64.8 Å². The Morgan fingerprint density at radius 2 is 1.83 bits per heavy atom. The Morgan fingerprint density at radius 3 is 2.59 bits per heavy atom. The number of carbonyl (C=O) groups excluding carboxylic acids is 1. The Balaban J connectivity index is 1.44. The summed E-state index contributed by atoms with van der Waals surface area (Å²) in [5.74, 6) is 1.07. The Bertz CT molecular complexity index is 843. The Labute approximate surface area is 172 Å². The molecule has 1 N–H and O–H groups in total. The van der Waals surface area contributed by atoms with E-state index in [9.17, 15) is 9.90 Å². The third kappa shape index (κ3) is 4.32. The highest BCUT2D eigenvalue weighted by Gasteiger charge is 2.32. The van der Waals surface area contributed by atoms with Crippen LogP contribution < -0.4 is 0 Å². The lowest BCUT2D eigenvalue weighted by atomic mass is 10.0. The van der Waals surface area contributed by atoms with Gasteiger partial charge < -0.3 is 19.5 Å². The summed E-state index contributed by atoms with van der Waals surface area (Å²) in [6, 6.07) is 8.16. The Hall–Kier alpha value is -1.96. The standard InChI is InChI=1S/C22H33N5O2/c1-3-21-23-17-6-4-5-7-18(17)27(21)16-22(29)26-10-8-19(20(28)9-11-26)25-14-12-24(2)13-15-25/h4-7,19-20,28H,3,8-16H2,1-2H3/t19-,20-/m0/s1. The van der Waals surface area contributed by atoms with Crippen molar-refractivity contribution in [2.24, 2.45) is 0 Å². The quantitative estimate of drug-likeness (QED) is 0.837. The van der Waals surface area contributed by atoms with Crippen molar-refractivity contribution in [3.63, 3.8) is 0 Å². The smallest absolute Gasteiger partial charge is 0.242 e. The number of aliphatic hydroxyl groups excluding tert-OH is 1. The molecule has 0 spiro atoms. The van der Waals surface area contributed by atoms with Crippen molar-refractivity contribution in [2.75, 3.05) is 46.3 Å². The van der Waals surface area contributed by atoms with Gasteiger partial charge in [0.1, 0.15) is 12.4 Å². The van der Waals surface area contributed by atoms with Crippen LogP contribution >= 0.6 is 0 Å². The summed E-state index contributed by atoms with van der Waals surface area (Å²) < 4.78 is 2.05. The molecule has 0 bridgehead atoms. The first-order chi connectivity index (χ1) is 14.1. The van der Waals surface area contributed by atoms with Crippen molar-refractivity contribution in [2.45, 2.75) is 44.9 Å². The van der Waals surface area contributed by atoms with Crippen LogP contribution in [0, 0.1) is 0 Å². The molecule has 1 aromatic carbocycles. The summed E-state index contributed by atoms with van der Waals surface area (Å²) in [6.45, 7) is 7.79. The lowest BCUT2D eigenvalue weighted by molar-refractivity contribution is -0.131. The van der Waals surface area contributed by atoms with Gasteiger partial charge in [-0.05, 0) is 32.0 Å². The van der Waals surface area contributed by atoms with Gasteiger partial charge in [0.2, 0.25) is 5.91 Å². The van der Waals surface area contributed by atoms with E-state index >= 15 is 0 Å². The van der Waals surface area contributed by atoms with Gasteiger partial charge in [0, 0.05) is 51.7 Å². The number of likely N-dealkylation sites (N-methyl/N-ethyl adjacent to an activating group) is 1. The first kappa shape index (κ1) is 20.3. The SMILES string of the molecule is CCc1nc2ccccc2n1CC(=O)N1CC[C@H](O)[C@@H](N2CCN(C)CC2)CC1. The number of hydrogen-bond donors (Lipinski definition) is 1. The molecule has 0 saturated carbocycles. The van der Waals surface area contributed by atoms with Gasteiger partial charge in [0.05, 0.1) is 17.1 Å². The zero-order valence-electron chi connectivity index (χ0n) is 17.6. The fourth-order valence-corrected chi connectivity index (χ4v) is 4.71. The van der Waals surface area contributed by atoms with Crippen LogP contribution in [0.25, 0.3) is 11.0 Å². The number of fused-ring (bicyclic) bond motifs is 1. The first-order valence-electron chi connectivity index (χ1n) is 10.9. The van der Waals surface area contributed by atoms with E-state index in [1.54, 1.807) is 0 Å². The predicted molar refractivity (Wildman–Crippen MR) is 114 cm³/mol. The van der Waals surface area contributed by atoms with Gasteiger partial charge in [-0.2, -0.15) is 0 Å². The number of carbonyl (C=O) groups is 1. The maximum atomic E-state index is 13.1. The molecule has 7 heteroatoms. The molecule has 2 atom stereocenters. The molecule has 0 radical (unpaired) electrons. The average Bonchev–Trinajstić information content (AvgIpc) is 2.96. The molecule has 2 aliphatic rings.